The van der Waals surface area contributed by atoms with Gasteiger partial charge in [-0.15, -0.1) is 0 Å². The van der Waals surface area contributed by atoms with E-state index < -0.39 is 27.1 Å². The predicted octanol–water partition coefficient (Wildman–Crippen LogP) is 4.50. The molecule has 174 valence electrons. The molecule has 0 aliphatic carbocycles. The van der Waals surface area contributed by atoms with Gasteiger partial charge in [-0.3, -0.25) is 9.97 Å². The van der Waals surface area contributed by atoms with Gasteiger partial charge in [0.25, 0.3) is 0 Å². The molecule has 1 N–H and O–H groups in total. The highest BCUT2D eigenvalue weighted by molar-refractivity contribution is 7.89. The molecule has 0 bridgehead atoms. The molecule has 34 heavy (non-hydrogen) atoms. The summed E-state index contributed by atoms with van der Waals surface area (Å²) in [6.07, 6.45) is -2.13. The fourth-order valence-electron chi connectivity index (χ4n) is 3.50. The van der Waals surface area contributed by atoms with Gasteiger partial charge in [0.2, 0.25) is 10.0 Å². The molecule has 0 aliphatic heterocycles. The Labute approximate surface area is 193 Å². The Morgan fingerprint density at radius 1 is 1.09 bits per heavy atom. The quantitative estimate of drug-likeness (QED) is 0.449. The molecule has 11 heteroatoms. The molecule has 4 aromatic rings. The van der Waals surface area contributed by atoms with Gasteiger partial charge in [-0.1, -0.05) is 18.2 Å². The number of hydrogen-bond acceptors (Lipinski definition) is 5. The number of hydrogen-bond donors (Lipinski definition) is 1. The summed E-state index contributed by atoms with van der Waals surface area (Å²) < 4.78 is 66.7. The lowest BCUT2D eigenvalue weighted by Gasteiger charge is -2.17. The molecule has 0 aliphatic rings. The monoisotopic (exact) mass is 485 g/mol. The number of para-hydroxylation sites is 1. The Morgan fingerprint density at radius 3 is 2.38 bits per heavy atom. The number of pyridine rings is 2. The molecular formula is C23H18F3N5O2S. The Hall–Kier alpha value is -3.75. The van der Waals surface area contributed by atoms with Gasteiger partial charge in [-0.05, 0) is 49.7 Å². The van der Waals surface area contributed by atoms with Crippen LogP contribution in [0.4, 0.5) is 13.2 Å². The van der Waals surface area contributed by atoms with Gasteiger partial charge >= 0.3 is 6.18 Å². The van der Waals surface area contributed by atoms with Crippen LogP contribution in [-0.4, -0.2) is 35.2 Å². The third kappa shape index (κ3) is 4.25. The lowest BCUT2D eigenvalue weighted by Crippen LogP contribution is -2.42. The van der Waals surface area contributed by atoms with Crippen molar-refractivity contribution in [1.29, 1.82) is 5.26 Å². The van der Waals surface area contributed by atoms with Crippen molar-refractivity contribution < 1.29 is 21.6 Å². The van der Waals surface area contributed by atoms with Crippen LogP contribution in [-0.2, 0) is 10.0 Å². The van der Waals surface area contributed by atoms with Crippen LogP contribution in [0.2, 0.25) is 0 Å². The number of rotatable bonds is 5. The number of aromatic nitrogens is 3. The zero-order valence-electron chi connectivity index (χ0n) is 18.0. The van der Waals surface area contributed by atoms with Gasteiger partial charge in [-0.2, -0.15) is 23.2 Å². The molecule has 0 amide bonds. The van der Waals surface area contributed by atoms with Crippen LogP contribution in [0.25, 0.3) is 28.1 Å². The summed E-state index contributed by atoms with van der Waals surface area (Å²) in [4.78, 5) is 8.18. The van der Waals surface area contributed by atoms with E-state index in [-0.39, 0.29) is 11.3 Å². The van der Waals surface area contributed by atoms with Crippen molar-refractivity contribution in [3.05, 3.63) is 72.1 Å². The first-order chi connectivity index (χ1) is 16.0. The van der Waals surface area contributed by atoms with Gasteiger partial charge in [-0.25, -0.2) is 8.42 Å². The highest BCUT2D eigenvalue weighted by Crippen LogP contribution is 2.35. The van der Waals surface area contributed by atoms with Gasteiger partial charge < -0.3 is 4.57 Å². The number of aryl methyl sites for hydroxylation is 1. The average Bonchev–Trinajstić information content (AvgIpc) is 3.12. The number of alkyl halides is 3. The van der Waals surface area contributed by atoms with E-state index >= 15 is 0 Å². The molecule has 1 atom stereocenters. The highest BCUT2D eigenvalue weighted by Gasteiger charge is 2.39. The highest BCUT2D eigenvalue weighted by atomic mass is 32.2. The summed E-state index contributed by atoms with van der Waals surface area (Å²) in [5.74, 6) is 0. The van der Waals surface area contributed by atoms with Crippen LogP contribution in [0.15, 0.2) is 65.8 Å². The first kappa shape index (κ1) is 23.4. The van der Waals surface area contributed by atoms with Crippen LogP contribution in [0.3, 0.4) is 0 Å². The van der Waals surface area contributed by atoms with E-state index in [4.69, 9.17) is 0 Å². The van der Waals surface area contributed by atoms with Crippen molar-refractivity contribution in [2.45, 2.75) is 31.0 Å². The second-order valence-corrected chi connectivity index (χ2v) is 9.36. The topological polar surface area (TPSA) is 101 Å². The maximum Gasteiger partial charge on any atom is 0.404 e. The van der Waals surface area contributed by atoms with Crippen molar-refractivity contribution in [3.8, 4) is 23.1 Å². The zero-order valence-corrected chi connectivity index (χ0v) is 18.8. The molecule has 0 unspecified atom stereocenters. The third-order valence-electron chi connectivity index (χ3n) is 5.18. The number of halogens is 3. The van der Waals surface area contributed by atoms with E-state index in [2.05, 4.69) is 16.0 Å². The zero-order chi connectivity index (χ0) is 24.7. The standard InChI is InChI=1S/C23H18F3N5O2S/c1-14-10-20-21(29-12-14)18(11-27)22(31(20)16-6-4-3-5-7-16)19-9-8-17(13-28-19)34(32,33)30-15(2)23(24,25)26/h3-10,12-13,15,30H,1-2H3/t15-/m0/s1. The summed E-state index contributed by atoms with van der Waals surface area (Å²) in [5.41, 5.74) is 3.61. The smallest absolute Gasteiger partial charge is 0.305 e. The number of fused-ring (bicyclic) bond motifs is 1. The Bertz CT molecular complexity index is 1510. The molecule has 4 rings (SSSR count). The van der Waals surface area contributed by atoms with Crippen LogP contribution in [0.5, 0.6) is 0 Å². The Kier molecular flexibility index (Phi) is 5.89. The lowest BCUT2D eigenvalue weighted by atomic mass is 10.1. The predicted molar refractivity (Wildman–Crippen MR) is 120 cm³/mol. The summed E-state index contributed by atoms with van der Waals surface area (Å²) in [6.45, 7) is 2.58. The molecule has 1 aromatic carbocycles. The summed E-state index contributed by atoms with van der Waals surface area (Å²) in [6, 6.07) is 13.5. The molecule has 0 saturated heterocycles. The molecule has 3 heterocycles. The van der Waals surface area contributed by atoms with E-state index in [0.29, 0.717) is 23.7 Å². The van der Waals surface area contributed by atoms with E-state index in [9.17, 15) is 26.9 Å². The number of nitrogens with one attached hydrogen (secondary N) is 1. The minimum atomic E-state index is -4.73. The maximum atomic E-state index is 12.8. The van der Waals surface area contributed by atoms with Crippen LogP contribution < -0.4 is 4.72 Å². The van der Waals surface area contributed by atoms with Crippen molar-refractivity contribution in [3.63, 3.8) is 0 Å². The first-order valence-corrected chi connectivity index (χ1v) is 11.5. The molecule has 7 nitrogen and oxygen atoms in total. The molecule has 0 spiro atoms. The van der Waals surface area contributed by atoms with Crippen LogP contribution in [0.1, 0.15) is 18.1 Å². The molecule has 0 fully saturated rings. The second-order valence-electron chi connectivity index (χ2n) is 7.65. The number of nitrogens with zero attached hydrogens (tertiary/aromatic N) is 4. The largest absolute Gasteiger partial charge is 0.404 e. The lowest BCUT2D eigenvalue weighted by molar-refractivity contribution is -0.147. The number of sulfonamides is 1. The normalized spacial score (nSPS) is 13.1. The average molecular weight is 485 g/mol. The molecule has 3 aromatic heterocycles. The molecular weight excluding hydrogens is 467 g/mol. The minimum absolute atomic E-state index is 0.241. The van der Waals surface area contributed by atoms with E-state index in [1.807, 2.05) is 43.3 Å². The second kappa shape index (κ2) is 8.55. The summed E-state index contributed by atoms with van der Waals surface area (Å²) in [7, 11) is -4.47. The van der Waals surface area contributed by atoms with E-state index in [1.54, 1.807) is 15.5 Å². The van der Waals surface area contributed by atoms with Crippen LogP contribution in [0, 0.1) is 18.3 Å². The number of nitriles is 1. The SMILES string of the molecule is Cc1cnc2c(C#N)c(-c3ccc(S(=O)(=O)N[C@@H](C)C(F)(F)F)cn3)n(-c3ccccc3)c2c1. The summed E-state index contributed by atoms with van der Waals surface area (Å²) in [5, 5.41) is 9.92. The molecule has 0 saturated carbocycles. The fourth-order valence-corrected chi connectivity index (χ4v) is 4.68. The van der Waals surface area contributed by atoms with Crippen molar-refractivity contribution in [2.75, 3.05) is 0 Å². The van der Waals surface area contributed by atoms with Gasteiger partial charge in [0.15, 0.2) is 0 Å². The maximum absolute atomic E-state index is 12.8. The van der Waals surface area contributed by atoms with Crippen molar-refractivity contribution >= 4 is 21.1 Å². The number of benzene rings is 1. The van der Waals surface area contributed by atoms with E-state index in [1.165, 1.54) is 6.07 Å². The molecule has 0 radical (unpaired) electrons. The van der Waals surface area contributed by atoms with Crippen molar-refractivity contribution in [2.24, 2.45) is 0 Å². The Balaban J connectivity index is 1.87. The first-order valence-electron chi connectivity index (χ1n) is 10.0. The van der Waals surface area contributed by atoms with Gasteiger partial charge in [0.05, 0.1) is 16.9 Å². The fraction of sp³-hybridized carbons (Fsp3) is 0.174. The third-order valence-corrected chi connectivity index (χ3v) is 6.71. The van der Waals surface area contributed by atoms with Gasteiger partial charge in [0, 0.05) is 18.1 Å². The van der Waals surface area contributed by atoms with E-state index in [0.717, 1.165) is 23.5 Å². The van der Waals surface area contributed by atoms with Gasteiger partial charge in [0.1, 0.15) is 28.1 Å². The minimum Gasteiger partial charge on any atom is -0.305 e. The van der Waals surface area contributed by atoms with Crippen LogP contribution >= 0.6 is 0 Å². The van der Waals surface area contributed by atoms with Crippen molar-refractivity contribution in [1.82, 2.24) is 19.3 Å². The summed E-state index contributed by atoms with van der Waals surface area (Å²) >= 11 is 0. The Morgan fingerprint density at radius 2 is 1.79 bits per heavy atom.